The number of rotatable bonds is 9. The van der Waals surface area contributed by atoms with Gasteiger partial charge in [-0.05, 0) is 43.2 Å². The molecule has 1 aromatic carbocycles. The first kappa shape index (κ1) is 21.4. The molecule has 1 saturated carbocycles. The van der Waals surface area contributed by atoms with Crippen LogP contribution in [0.3, 0.4) is 0 Å². The molecule has 2 rings (SSSR count). The summed E-state index contributed by atoms with van der Waals surface area (Å²) in [5, 5.41) is 12.1. The number of hydrogen-bond donors (Lipinski definition) is 3. The van der Waals surface area contributed by atoms with Crippen molar-refractivity contribution < 1.29 is 19.5 Å². The van der Waals surface area contributed by atoms with Crippen LogP contribution in [0.15, 0.2) is 24.3 Å². The van der Waals surface area contributed by atoms with Gasteiger partial charge in [-0.2, -0.15) is 0 Å². The predicted octanol–water partition coefficient (Wildman–Crippen LogP) is 3.11. The molecule has 6 heteroatoms. The molecule has 1 fully saturated rings. The van der Waals surface area contributed by atoms with E-state index in [0.29, 0.717) is 12.5 Å². The Morgan fingerprint density at radius 1 is 1.19 bits per heavy atom. The third-order valence-corrected chi connectivity index (χ3v) is 5.60. The lowest BCUT2D eigenvalue weighted by atomic mass is 9.87. The van der Waals surface area contributed by atoms with Gasteiger partial charge in [0, 0.05) is 12.5 Å². The van der Waals surface area contributed by atoms with Crippen molar-refractivity contribution in [2.24, 2.45) is 5.92 Å². The summed E-state index contributed by atoms with van der Waals surface area (Å²) in [7, 11) is 0. The maximum Gasteiger partial charge on any atom is 0.326 e. The zero-order valence-corrected chi connectivity index (χ0v) is 16.6. The number of hydroxylamine groups is 1. The fourth-order valence-corrected chi connectivity index (χ4v) is 3.37. The second-order valence-electron chi connectivity index (χ2n) is 7.91. The number of esters is 1. The Hall–Kier alpha value is -1.92. The molecule has 27 heavy (non-hydrogen) atoms. The first-order chi connectivity index (χ1) is 12.8. The first-order valence-electron chi connectivity index (χ1n) is 9.81. The molecule has 1 aromatic rings. The summed E-state index contributed by atoms with van der Waals surface area (Å²) >= 11 is 0. The summed E-state index contributed by atoms with van der Waals surface area (Å²) in [4.78, 5) is 23.9. The fraction of sp³-hybridized carbons (Fsp3) is 0.619. The van der Waals surface area contributed by atoms with E-state index in [-0.39, 0.29) is 24.9 Å². The van der Waals surface area contributed by atoms with E-state index in [4.69, 9.17) is 9.94 Å². The van der Waals surface area contributed by atoms with Gasteiger partial charge in [-0.3, -0.25) is 20.1 Å². The molecule has 0 saturated heterocycles. The van der Waals surface area contributed by atoms with Gasteiger partial charge in [0.25, 0.3) is 0 Å². The molecular formula is C21H32N2O4. The molecule has 1 aliphatic carbocycles. The van der Waals surface area contributed by atoms with Gasteiger partial charge in [0.2, 0.25) is 5.91 Å². The molecule has 1 atom stereocenters. The van der Waals surface area contributed by atoms with E-state index in [2.05, 4.69) is 5.32 Å². The van der Waals surface area contributed by atoms with Crippen molar-refractivity contribution in [1.82, 2.24) is 10.8 Å². The van der Waals surface area contributed by atoms with Crippen LogP contribution in [0.25, 0.3) is 0 Å². The Kier molecular flexibility index (Phi) is 7.80. The zero-order valence-electron chi connectivity index (χ0n) is 16.6. The minimum absolute atomic E-state index is 0.130. The smallest absolute Gasteiger partial charge is 0.326 e. The van der Waals surface area contributed by atoms with E-state index in [1.807, 2.05) is 45.0 Å². The first-order valence-corrected chi connectivity index (χ1v) is 9.81. The molecule has 1 aliphatic rings. The number of amides is 1. The summed E-state index contributed by atoms with van der Waals surface area (Å²) in [6.07, 6.45) is 5.44. The highest BCUT2D eigenvalue weighted by Crippen LogP contribution is 2.26. The highest BCUT2D eigenvalue weighted by Gasteiger charge is 2.40. The molecule has 6 nitrogen and oxygen atoms in total. The third-order valence-electron chi connectivity index (χ3n) is 5.60. The van der Waals surface area contributed by atoms with Crippen molar-refractivity contribution in [3.63, 3.8) is 0 Å². The summed E-state index contributed by atoms with van der Waals surface area (Å²) in [6, 6.07) is 8.01. The quantitative estimate of drug-likeness (QED) is 0.350. The highest BCUT2D eigenvalue weighted by molar-refractivity contribution is 5.80. The number of ether oxygens (including phenoxy) is 1. The minimum Gasteiger partial charge on any atom is -0.459 e. The predicted molar refractivity (Wildman–Crippen MR) is 103 cm³/mol. The number of aryl methyl sites for hydroxylation is 1. The van der Waals surface area contributed by atoms with Gasteiger partial charge in [0.15, 0.2) is 0 Å². The third kappa shape index (κ3) is 6.04. The topological polar surface area (TPSA) is 87.7 Å². The van der Waals surface area contributed by atoms with E-state index in [1.54, 1.807) is 5.48 Å². The van der Waals surface area contributed by atoms with Crippen LogP contribution < -0.4 is 10.8 Å². The highest BCUT2D eigenvalue weighted by atomic mass is 16.5. The van der Waals surface area contributed by atoms with Crippen molar-refractivity contribution in [2.45, 2.75) is 77.5 Å². The second-order valence-corrected chi connectivity index (χ2v) is 7.91. The largest absolute Gasteiger partial charge is 0.459 e. The zero-order chi connectivity index (χ0) is 19.9. The number of carbonyl (C=O) groups excluding carboxylic acids is 2. The van der Waals surface area contributed by atoms with Gasteiger partial charge in [0.05, 0.1) is 0 Å². The van der Waals surface area contributed by atoms with Crippen LogP contribution in [0.4, 0.5) is 0 Å². The van der Waals surface area contributed by atoms with Gasteiger partial charge < -0.3 is 4.74 Å². The van der Waals surface area contributed by atoms with E-state index in [9.17, 15) is 9.59 Å². The number of nitrogens with one attached hydrogen (secondary N) is 2. The molecule has 3 N–H and O–H groups in total. The van der Waals surface area contributed by atoms with Crippen molar-refractivity contribution in [3.05, 3.63) is 35.4 Å². The molecule has 1 amide bonds. The molecule has 0 aromatic heterocycles. The lowest BCUT2D eigenvalue weighted by Gasteiger charge is -2.35. The summed E-state index contributed by atoms with van der Waals surface area (Å²) < 4.78 is 5.62. The maximum atomic E-state index is 12.8. The second kappa shape index (κ2) is 9.85. The van der Waals surface area contributed by atoms with Crippen LogP contribution in [-0.2, 0) is 27.4 Å². The van der Waals surface area contributed by atoms with Crippen LogP contribution in [0, 0.1) is 5.92 Å². The average molecular weight is 376 g/mol. The summed E-state index contributed by atoms with van der Waals surface area (Å²) in [6.45, 7) is 6.25. The van der Waals surface area contributed by atoms with Crippen LogP contribution >= 0.6 is 0 Å². The van der Waals surface area contributed by atoms with Crippen LogP contribution in [0.1, 0.15) is 64.0 Å². The molecule has 150 valence electrons. The van der Waals surface area contributed by atoms with Crippen molar-refractivity contribution in [3.8, 4) is 0 Å². The molecular weight excluding hydrogens is 344 g/mol. The molecule has 0 unspecified atom stereocenters. The number of benzene rings is 1. The van der Waals surface area contributed by atoms with Crippen LogP contribution in [-0.4, -0.2) is 28.7 Å². The maximum absolute atomic E-state index is 12.8. The Morgan fingerprint density at radius 2 is 1.78 bits per heavy atom. The van der Waals surface area contributed by atoms with Crippen LogP contribution in [0.5, 0.6) is 0 Å². The lowest BCUT2D eigenvalue weighted by molar-refractivity contribution is -0.155. The van der Waals surface area contributed by atoms with Crippen molar-refractivity contribution in [2.75, 3.05) is 0 Å². The molecule has 0 spiro atoms. The lowest BCUT2D eigenvalue weighted by Crippen LogP contribution is -2.57. The van der Waals surface area contributed by atoms with Gasteiger partial charge in [-0.1, -0.05) is 51.0 Å². The van der Waals surface area contributed by atoms with Gasteiger partial charge in [0.1, 0.15) is 12.1 Å². The van der Waals surface area contributed by atoms with E-state index in [1.165, 1.54) is 12.8 Å². The van der Waals surface area contributed by atoms with Gasteiger partial charge in [-0.25, -0.2) is 5.48 Å². The Morgan fingerprint density at radius 3 is 2.33 bits per heavy atom. The van der Waals surface area contributed by atoms with E-state index in [0.717, 1.165) is 24.0 Å². The van der Waals surface area contributed by atoms with Crippen molar-refractivity contribution in [1.29, 1.82) is 0 Å². The fourth-order valence-electron chi connectivity index (χ4n) is 3.37. The van der Waals surface area contributed by atoms with E-state index < -0.39 is 11.4 Å². The Labute approximate surface area is 161 Å². The number of carbonyl (C=O) groups is 2. The minimum atomic E-state index is -0.688. The molecule has 0 aliphatic heterocycles. The average Bonchev–Trinajstić information content (AvgIpc) is 3.17. The Bertz CT molecular complexity index is 624. The SMILES string of the molecule is CC(C)[C@@](C)(NC1CCCC1)C(=O)OCc1ccc(CCC(=O)NO)cc1. The molecule has 0 bridgehead atoms. The van der Waals surface area contributed by atoms with Gasteiger partial charge in [-0.15, -0.1) is 0 Å². The van der Waals surface area contributed by atoms with Crippen molar-refractivity contribution >= 4 is 11.9 Å². The Balaban J connectivity index is 1.89. The molecule has 0 heterocycles. The van der Waals surface area contributed by atoms with Gasteiger partial charge >= 0.3 is 5.97 Å². The normalized spacial score (nSPS) is 16.9. The summed E-state index contributed by atoms with van der Waals surface area (Å²) in [5.41, 5.74) is 2.84. The number of hydrogen-bond acceptors (Lipinski definition) is 5. The summed E-state index contributed by atoms with van der Waals surface area (Å²) in [5.74, 6) is -0.491. The monoisotopic (exact) mass is 376 g/mol. The van der Waals surface area contributed by atoms with Crippen LogP contribution in [0.2, 0.25) is 0 Å². The van der Waals surface area contributed by atoms with E-state index >= 15 is 0 Å². The standard InChI is InChI=1S/C21H32N2O4/c1-15(2)21(3,22-18-6-4-5-7-18)20(25)27-14-17-10-8-16(9-11-17)12-13-19(24)23-26/h8-11,15,18,22,26H,4-7,12-14H2,1-3H3,(H,23,24)/t21-/m1/s1. The molecule has 0 radical (unpaired) electrons.